The van der Waals surface area contributed by atoms with E-state index in [1.807, 2.05) is 19.1 Å². The Bertz CT molecular complexity index is 620. The summed E-state index contributed by atoms with van der Waals surface area (Å²) in [6.45, 7) is 6.86. The highest BCUT2D eigenvalue weighted by Crippen LogP contribution is 2.19. The fourth-order valence-electron chi connectivity index (χ4n) is 1.92. The van der Waals surface area contributed by atoms with Crippen molar-refractivity contribution < 1.29 is 4.79 Å². The molecule has 0 unspecified atom stereocenters. The first-order valence-electron chi connectivity index (χ1n) is 7.18. The number of aryl methyl sites for hydroxylation is 2. The summed E-state index contributed by atoms with van der Waals surface area (Å²) in [7, 11) is 0. The van der Waals surface area contributed by atoms with E-state index in [1.165, 1.54) is 11.1 Å². The van der Waals surface area contributed by atoms with Crippen molar-refractivity contribution in [3.05, 3.63) is 53.3 Å². The van der Waals surface area contributed by atoms with Gasteiger partial charge in [-0.2, -0.15) is 0 Å². The topological polar surface area (TPSA) is 54.0 Å². The molecule has 0 spiro atoms. The highest BCUT2D eigenvalue weighted by atomic mass is 16.1. The van der Waals surface area contributed by atoms with Gasteiger partial charge in [0.05, 0.1) is 11.9 Å². The molecule has 4 heteroatoms. The van der Waals surface area contributed by atoms with Gasteiger partial charge < -0.3 is 10.6 Å². The van der Waals surface area contributed by atoms with Crippen LogP contribution < -0.4 is 10.6 Å². The van der Waals surface area contributed by atoms with Crippen molar-refractivity contribution in [3.8, 4) is 0 Å². The van der Waals surface area contributed by atoms with Gasteiger partial charge in [0.15, 0.2) is 0 Å². The molecule has 1 amide bonds. The zero-order valence-corrected chi connectivity index (χ0v) is 12.7. The third-order valence-corrected chi connectivity index (χ3v) is 3.33. The van der Waals surface area contributed by atoms with Crippen LogP contribution in [0.2, 0.25) is 0 Å². The number of anilines is 2. The van der Waals surface area contributed by atoms with E-state index in [0.717, 1.165) is 17.8 Å². The monoisotopic (exact) mass is 283 g/mol. The zero-order chi connectivity index (χ0) is 15.2. The molecule has 0 aliphatic rings. The zero-order valence-electron chi connectivity index (χ0n) is 12.7. The minimum atomic E-state index is -0.130. The van der Waals surface area contributed by atoms with Crippen molar-refractivity contribution >= 4 is 17.3 Å². The van der Waals surface area contributed by atoms with E-state index in [4.69, 9.17) is 0 Å². The highest BCUT2D eigenvalue weighted by Gasteiger charge is 2.06. The minimum absolute atomic E-state index is 0.130. The molecule has 0 saturated carbocycles. The largest absolute Gasteiger partial charge is 0.354 e. The molecule has 1 aromatic carbocycles. The van der Waals surface area contributed by atoms with Gasteiger partial charge in [0.25, 0.3) is 5.91 Å². The van der Waals surface area contributed by atoms with Crippen molar-refractivity contribution in [2.75, 3.05) is 11.9 Å². The van der Waals surface area contributed by atoms with Crippen LogP contribution in [0.25, 0.3) is 0 Å². The lowest BCUT2D eigenvalue weighted by molar-refractivity contribution is 0.0949. The van der Waals surface area contributed by atoms with E-state index in [0.29, 0.717) is 12.2 Å². The molecule has 0 fully saturated rings. The first-order chi connectivity index (χ1) is 10.1. The van der Waals surface area contributed by atoms with Crippen LogP contribution in [0.3, 0.4) is 0 Å². The second-order valence-electron chi connectivity index (χ2n) is 5.11. The lowest BCUT2D eigenvalue weighted by Crippen LogP contribution is -2.24. The molecule has 21 heavy (non-hydrogen) atoms. The van der Waals surface area contributed by atoms with Gasteiger partial charge in [-0.25, -0.2) is 4.98 Å². The number of benzene rings is 1. The number of hydrogen-bond acceptors (Lipinski definition) is 3. The molecular formula is C17H21N3O. The Morgan fingerprint density at radius 1 is 1.10 bits per heavy atom. The quantitative estimate of drug-likeness (QED) is 0.881. The number of hydrogen-bond donors (Lipinski definition) is 2. The molecule has 2 N–H and O–H groups in total. The Morgan fingerprint density at radius 2 is 1.86 bits per heavy atom. The molecule has 0 bridgehead atoms. The van der Waals surface area contributed by atoms with E-state index in [2.05, 4.69) is 41.6 Å². The van der Waals surface area contributed by atoms with Crippen molar-refractivity contribution in [1.29, 1.82) is 0 Å². The van der Waals surface area contributed by atoms with Crippen molar-refractivity contribution in [1.82, 2.24) is 10.3 Å². The minimum Gasteiger partial charge on any atom is -0.354 e. The normalized spacial score (nSPS) is 10.2. The number of nitrogens with one attached hydrogen (secondary N) is 2. The van der Waals surface area contributed by atoms with Gasteiger partial charge in [-0.05, 0) is 55.7 Å². The van der Waals surface area contributed by atoms with Crippen LogP contribution >= 0.6 is 0 Å². The maximum absolute atomic E-state index is 11.8. The summed E-state index contributed by atoms with van der Waals surface area (Å²) in [5.74, 6) is -0.130. The van der Waals surface area contributed by atoms with E-state index >= 15 is 0 Å². The standard InChI is InChI=1S/C17H21N3O/c1-4-9-18-17(21)16-8-7-15(11-19-16)20-14-6-5-12(2)13(3)10-14/h5-8,10-11,20H,4,9H2,1-3H3,(H,18,21). The third kappa shape index (κ3) is 4.05. The lowest BCUT2D eigenvalue weighted by atomic mass is 10.1. The molecule has 1 aromatic heterocycles. The first-order valence-corrected chi connectivity index (χ1v) is 7.18. The Morgan fingerprint density at radius 3 is 2.48 bits per heavy atom. The SMILES string of the molecule is CCCNC(=O)c1ccc(Nc2ccc(C)c(C)c2)cn1. The first kappa shape index (κ1) is 15.0. The summed E-state index contributed by atoms with van der Waals surface area (Å²) >= 11 is 0. The maximum atomic E-state index is 11.8. The Balaban J connectivity index is 2.05. The predicted molar refractivity (Wildman–Crippen MR) is 86.1 cm³/mol. The highest BCUT2D eigenvalue weighted by molar-refractivity contribution is 5.92. The van der Waals surface area contributed by atoms with E-state index in [1.54, 1.807) is 12.3 Å². The number of carbonyl (C=O) groups excluding carboxylic acids is 1. The molecule has 1 heterocycles. The summed E-state index contributed by atoms with van der Waals surface area (Å²) in [5, 5.41) is 6.10. The van der Waals surface area contributed by atoms with Gasteiger partial charge in [-0.1, -0.05) is 13.0 Å². The molecule has 0 radical (unpaired) electrons. The smallest absolute Gasteiger partial charge is 0.269 e. The van der Waals surface area contributed by atoms with E-state index < -0.39 is 0 Å². The molecule has 0 atom stereocenters. The summed E-state index contributed by atoms with van der Waals surface area (Å²) in [5.41, 5.74) is 4.83. The van der Waals surface area contributed by atoms with Gasteiger partial charge in [0.1, 0.15) is 5.69 Å². The summed E-state index contributed by atoms with van der Waals surface area (Å²) in [6, 6.07) is 9.80. The second-order valence-corrected chi connectivity index (χ2v) is 5.11. The molecule has 2 rings (SSSR count). The van der Waals surface area contributed by atoms with E-state index in [9.17, 15) is 4.79 Å². The fourth-order valence-corrected chi connectivity index (χ4v) is 1.92. The van der Waals surface area contributed by atoms with Crippen LogP contribution in [0.1, 0.15) is 35.0 Å². The molecule has 0 aliphatic heterocycles. The molecule has 4 nitrogen and oxygen atoms in total. The van der Waals surface area contributed by atoms with Crippen LogP contribution in [0.15, 0.2) is 36.5 Å². The summed E-state index contributed by atoms with van der Waals surface area (Å²) in [6.07, 6.45) is 2.59. The number of rotatable bonds is 5. The van der Waals surface area contributed by atoms with Crippen molar-refractivity contribution in [2.45, 2.75) is 27.2 Å². The molecule has 110 valence electrons. The summed E-state index contributed by atoms with van der Waals surface area (Å²) < 4.78 is 0. The Hall–Kier alpha value is -2.36. The molecule has 0 aliphatic carbocycles. The van der Waals surface area contributed by atoms with Crippen LogP contribution in [0.4, 0.5) is 11.4 Å². The number of amides is 1. The Labute approximate surface area is 125 Å². The van der Waals surface area contributed by atoms with Crippen LogP contribution in [-0.2, 0) is 0 Å². The van der Waals surface area contributed by atoms with Crippen molar-refractivity contribution in [3.63, 3.8) is 0 Å². The third-order valence-electron chi connectivity index (χ3n) is 3.33. The fraction of sp³-hybridized carbons (Fsp3) is 0.294. The number of aromatic nitrogens is 1. The van der Waals surface area contributed by atoms with Gasteiger partial charge in [0.2, 0.25) is 0 Å². The lowest BCUT2D eigenvalue weighted by Gasteiger charge is -2.09. The van der Waals surface area contributed by atoms with Gasteiger partial charge in [-0.3, -0.25) is 4.79 Å². The van der Waals surface area contributed by atoms with E-state index in [-0.39, 0.29) is 5.91 Å². The van der Waals surface area contributed by atoms with Gasteiger partial charge in [0, 0.05) is 12.2 Å². The van der Waals surface area contributed by atoms with Gasteiger partial charge >= 0.3 is 0 Å². The number of pyridine rings is 1. The maximum Gasteiger partial charge on any atom is 0.269 e. The molecule has 0 saturated heterocycles. The molecular weight excluding hydrogens is 262 g/mol. The average Bonchev–Trinajstić information content (AvgIpc) is 2.49. The number of carbonyl (C=O) groups is 1. The van der Waals surface area contributed by atoms with Crippen LogP contribution in [0.5, 0.6) is 0 Å². The predicted octanol–water partition coefficient (Wildman–Crippen LogP) is 3.58. The Kier molecular flexibility index (Phi) is 4.93. The van der Waals surface area contributed by atoms with Crippen LogP contribution in [-0.4, -0.2) is 17.4 Å². The second kappa shape index (κ2) is 6.88. The average molecular weight is 283 g/mol. The molecule has 2 aromatic rings. The van der Waals surface area contributed by atoms with Crippen LogP contribution in [0, 0.1) is 13.8 Å². The summed E-state index contributed by atoms with van der Waals surface area (Å²) in [4.78, 5) is 16.0. The van der Waals surface area contributed by atoms with Gasteiger partial charge in [-0.15, -0.1) is 0 Å². The number of nitrogens with zero attached hydrogens (tertiary/aromatic N) is 1. The van der Waals surface area contributed by atoms with Crippen molar-refractivity contribution in [2.24, 2.45) is 0 Å².